The van der Waals surface area contributed by atoms with Gasteiger partial charge < -0.3 is 0 Å². The van der Waals surface area contributed by atoms with Crippen LogP contribution in [0.4, 0.5) is 0 Å². The van der Waals surface area contributed by atoms with E-state index in [0.717, 1.165) is 24.1 Å². The SMILES string of the molecule is CC(=O)c1cc2c(nc1C)CCCC2. The van der Waals surface area contributed by atoms with Gasteiger partial charge in [-0.3, -0.25) is 9.78 Å². The summed E-state index contributed by atoms with van der Waals surface area (Å²) in [5.41, 5.74) is 4.18. The van der Waals surface area contributed by atoms with Crippen molar-refractivity contribution in [1.29, 1.82) is 0 Å². The van der Waals surface area contributed by atoms with E-state index in [0.29, 0.717) is 0 Å². The molecule has 0 aliphatic heterocycles. The Hall–Kier alpha value is -1.18. The number of hydrogen-bond donors (Lipinski definition) is 0. The van der Waals surface area contributed by atoms with Gasteiger partial charge in [0.2, 0.25) is 0 Å². The van der Waals surface area contributed by atoms with Crippen LogP contribution in [-0.4, -0.2) is 10.8 Å². The molecule has 0 amide bonds. The molecule has 14 heavy (non-hydrogen) atoms. The van der Waals surface area contributed by atoms with E-state index in [1.54, 1.807) is 6.92 Å². The zero-order valence-electron chi connectivity index (χ0n) is 8.76. The highest BCUT2D eigenvalue weighted by molar-refractivity contribution is 5.95. The lowest BCUT2D eigenvalue weighted by Gasteiger charge is -2.16. The number of rotatable bonds is 1. The fourth-order valence-corrected chi connectivity index (χ4v) is 2.09. The first-order valence-corrected chi connectivity index (χ1v) is 5.19. The summed E-state index contributed by atoms with van der Waals surface area (Å²) in [5, 5.41) is 0. The normalized spacial score (nSPS) is 15.0. The summed E-state index contributed by atoms with van der Waals surface area (Å²) in [4.78, 5) is 15.8. The molecule has 74 valence electrons. The average Bonchev–Trinajstić information content (AvgIpc) is 2.16. The van der Waals surface area contributed by atoms with E-state index in [1.807, 2.05) is 13.0 Å². The molecule has 0 fully saturated rings. The molecular formula is C12H15NO. The van der Waals surface area contributed by atoms with Crippen molar-refractivity contribution in [3.63, 3.8) is 0 Å². The van der Waals surface area contributed by atoms with Crippen LogP contribution in [-0.2, 0) is 12.8 Å². The Morgan fingerprint density at radius 1 is 1.36 bits per heavy atom. The van der Waals surface area contributed by atoms with Gasteiger partial charge >= 0.3 is 0 Å². The first-order valence-electron chi connectivity index (χ1n) is 5.19. The lowest BCUT2D eigenvalue weighted by molar-refractivity contribution is 0.101. The molecule has 0 bridgehead atoms. The van der Waals surface area contributed by atoms with Crippen LogP contribution in [0, 0.1) is 6.92 Å². The molecule has 0 atom stereocenters. The molecule has 0 saturated carbocycles. The third-order valence-electron chi connectivity index (χ3n) is 2.87. The third-order valence-corrected chi connectivity index (χ3v) is 2.87. The van der Waals surface area contributed by atoms with Gasteiger partial charge in [-0.05, 0) is 51.2 Å². The summed E-state index contributed by atoms with van der Waals surface area (Å²) in [6, 6.07) is 2.04. The van der Waals surface area contributed by atoms with Gasteiger partial charge in [0.1, 0.15) is 0 Å². The Morgan fingerprint density at radius 3 is 2.79 bits per heavy atom. The summed E-state index contributed by atoms with van der Waals surface area (Å²) in [5.74, 6) is 0.128. The van der Waals surface area contributed by atoms with Crippen LogP contribution in [0.25, 0.3) is 0 Å². The number of pyridine rings is 1. The molecule has 0 N–H and O–H groups in total. The first kappa shape index (κ1) is 9.38. The minimum atomic E-state index is 0.128. The summed E-state index contributed by atoms with van der Waals surface area (Å²) >= 11 is 0. The van der Waals surface area contributed by atoms with Crippen molar-refractivity contribution >= 4 is 5.78 Å². The molecule has 0 radical (unpaired) electrons. The van der Waals surface area contributed by atoms with E-state index in [-0.39, 0.29) is 5.78 Å². The van der Waals surface area contributed by atoms with Crippen molar-refractivity contribution in [2.24, 2.45) is 0 Å². The molecule has 1 aliphatic carbocycles. The Balaban J connectivity index is 2.50. The monoisotopic (exact) mass is 189 g/mol. The summed E-state index contributed by atoms with van der Waals surface area (Å²) in [7, 11) is 0. The lowest BCUT2D eigenvalue weighted by Crippen LogP contribution is -2.10. The number of carbonyl (C=O) groups excluding carboxylic acids is 1. The minimum absolute atomic E-state index is 0.128. The quantitative estimate of drug-likeness (QED) is 0.635. The van der Waals surface area contributed by atoms with Gasteiger partial charge in [0.15, 0.2) is 5.78 Å². The topological polar surface area (TPSA) is 30.0 Å². The standard InChI is InChI=1S/C12H15NO/c1-8-11(9(2)14)7-10-5-3-4-6-12(10)13-8/h7H,3-6H2,1-2H3. The van der Waals surface area contributed by atoms with Crippen LogP contribution in [0.5, 0.6) is 0 Å². The zero-order chi connectivity index (χ0) is 10.1. The van der Waals surface area contributed by atoms with Crippen molar-refractivity contribution in [3.05, 3.63) is 28.6 Å². The van der Waals surface area contributed by atoms with Gasteiger partial charge in [-0.1, -0.05) is 0 Å². The number of ketones is 1. The fraction of sp³-hybridized carbons (Fsp3) is 0.500. The van der Waals surface area contributed by atoms with Gasteiger partial charge in [-0.15, -0.1) is 0 Å². The fourth-order valence-electron chi connectivity index (χ4n) is 2.09. The van der Waals surface area contributed by atoms with E-state index in [9.17, 15) is 4.79 Å². The van der Waals surface area contributed by atoms with Gasteiger partial charge in [0, 0.05) is 17.0 Å². The molecule has 1 aromatic heterocycles. The molecular weight excluding hydrogens is 174 g/mol. The van der Waals surface area contributed by atoms with Crippen molar-refractivity contribution < 1.29 is 4.79 Å². The largest absolute Gasteiger partial charge is 0.294 e. The maximum absolute atomic E-state index is 11.3. The Kier molecular flexibility index (Phi) is 2.36. The number of hydrogen-bond acceptors (Lipinski definition) is 2. The number of fused-ring (bicyclic) bond motifs is 1. The number of aryl methyl sites for hydroxylation is 3. The molecule has 0 unspecified atom stereocenters. The maximum Gasteiger partial charge on any atom is 0.161 e. The highest BCUT2D eigenvalue weighted by atomic mass is 16.1. The van der Waals surface area contributed by atoms with Gasteiger partial charge in [0.25, 0.3) is 0 Å². The van der Waals surface area contributed by atoms with Crippen LogP contribution in [0.2, 0.25) is 0 Å². The number of aromatic nitrogens is 1. The number of Topliss-reactive ketones (excluding diaryl/α,β-unsaturated/α-hetero) is 1. The van der Waals surface area contributed by atoms with Gasteiger partial charge in [-0.25, -0.2) is 0 Å². The van der Waals surface area contributed by atoms with E-state index in [4.69, 9.17) is 0 Å². The van der Waals surface area contributed by atoms with Crippen LogP contribution >= 0.6 is 0 Å². The van der Waals surface area contributed by atoms with E-state index < -0.39 is 0 Å². The third kappa shape index (κ3) is 1.57. The van der Waals surface area contributed by atoms with E-state index >= 15 is 0 Å². The molecule has 2 nitrogen and oxygen atoms in total. The molecule has 1 aliphatic rings. The molecule has 1 heterocycles. The van der Waals surface area contributed by atoms with Crippen molar-refractivity contribution in [1.82, 2.24) is 4.98 Å². The predicted molar refractivity (Wildman–Crippen MR) is 55.6 cm³/mol. The van der Waals surface area contributed by atoms with Crippen LogP contribution in [0.15, 0.2) is 6.07 Å². The minimum Gasteiger partial charge on any atom is -0.294 e. The van der Waals surface area contributed by atoms with Crippen molar-refractivity contribution in [3.8, 4) is 0 Å². The predicted octanol–water partition coefficient (Wildman–Crippen LogP) is 2.47. The first-order chi connectivity index (χ1) is 6.68. The van der Waals surface area contributed by atoms with Crippen LogP contribution in [0.3, 0.4) is 0 Å². The van der Waals surface area contributed by atoms with Crippen LogP contribution in [0.1, 0.15) is 47.1 Å². The Bertz CT molecular complexity index is 382. The molecule has 2 heteroatoms. The smallest absolute Gasteiger partial charge is 0.161 e. The van der Waals surface area contributed by atoms with Gasteiger partial charge in [-0.2, -0.15) is 0 Å². The highest BCUT2D eigenvalue weighted by Crippen LogP contribution is 2.22. The van der Waals surface area contributed by atoms with Crippen molar-refractivity contribution in [2.45, 2.75) is 39.5 Å². The second-order valence-electron chi connectivity index (χ2n) is 3.99. The van der Waals surface area contributed by atoms with Gasteiger partial charge in [0.05, 0.1) is 0 Å². The van der Waals surface area contributed by atoms with Crippen LogP contribution < -0.4 is 0 Å². The molecule has 0 aromatic carbocycles. The van der Waals surface area contributed by atoms with E-state index in [2.05, 4.69) is 4.98 Å². The number of nitrogens with zero attached hydrogens (tertiary/aromatic N) is 1. The maximum atomic E-state index is 11.3. The number of carbonyl (C=O) groups is 1. The summed E-state index contributed by atoms with van der Waals surface area (Å²) < 4.78 is 0. The second-order valence-corrected chi connectivity index (χ2v) is 3.99. The Morgan fingerprint density at radius 2 is 2.07 bits per heavy atom. The average molecular weight is 189 g/mol. The molecule has 0 spiro atoms. The lowest BCUT2D eigenvalue weighted by atomic mass is 9.93. The zero-order valence-corrected chi connectivity index (χ0v) is 8.76. The molecule has 0 saturated heterocycles. The van der Waals surface area contributed by atoms with E-state index in [1.165, 1.54) is 24.1 Å². The molecule has 1 aromatic rings. The summed E-state index contributed by atoms with van der Waals surface area (Å²) in [6.07, 6.45) is 4.63. The second kappa shape index (κ2) is 3.52. The molecule has 2 rings (SSSR count). The summed E-state index contributed by atoms with van der Waals surface area (Å²) in [6.45, 7) is 3.53. The Labute approximate surface area is 84.4 Å². The highest BCUT2D eigenvalue weighted by Gasteiger charge is 2.14. The van der Waals surface area contributed by atoms with Crippen molar-refractivity contribution in [2.75, 3.05) is 0 Å².